The van der Waals surface area contributed by atoms with Gasteiger partial charge in [-0.15, -0.1) is 0 Å². The number of carbonyl (C=O) groups is 1. The van der Waals surface area contributed by atoms with Gasteiger partial charge in [0.1, 0.15) is 5.60 Å². The number of aromatic nitrogens is 2. The Morgan fingerprint density at radius 3 is 2.76 bits per heavy atom. The number of hydrogen-bond acceptors (Lipinski definition) is 5. The lowest BCUT2D eigenvalue weighted by molar-refractivity contribution is -0.105. The molecule has 25 heavy (non-hydrogen) atoms. The van der Waals surface area contributed by atoms with Crippen LogP contribution in [0.1, 0.15) is 23.2 Å². The van der Waals surface area contributed by atoms with Crippen LogP contribution in [0.5, 0.6) is 0 Å². The lowest BCUT2D eigenvalue weighted by atomic mass is 9.90. The van der Waals surface area contributed by atoms with Gasteiger partial charge in [-0.3, -0.25) is 14.8 Å². The molecule has 6 nitrogen and oxygen atoms in total. The highest BCUT2D eigenvalue weighted by molar-refractivity contribution is 5.94. The van der Waals surface area contributed by atoms with E-state index in [1.54, 1.807) is 30.7 Å². The SMILES string of the molecule is O=C(c1ccncc1)N1CCOC2(CCCN(c3cccnc3)C2)C1. The van der Waals surface area contributed by atoms with E-state index in [-0.39, 0.29) is 11.5 Å². The lowest BCUT2D eigenvalue weighted by Gasteiger charge is -2.48. The van der Waals surface area contributed by atoms with Crippen LogP contribution in [-0.2, 0) is 4.74 Å². The fraction of sp³-hybridized carbons (Fsp3) is 0.421. The summed E-state index contributed by atoms with van der Waals surface area (Å²) in [6.07, 6.45) is 9.02. The zero-order chi connectivity index (χ0) is 17.1. The van der Waals surface area contributed by atoms with Gasteiger partial charge in [0.05, 0.1) is 25.0 Å². The van der Waals surface area contributed by atoms with Crippen molar-refractivity contribution in [2.75, 3.05) is 37.7 Å². The van der Waals surface area contributed by atoms with Crippen molar-refractivity contribution < 1.29 is 9.53 Å². The fourth-order valence-corrected chi connectivity index (χ4v) is 3.80. The standard InChI is InChI=1S/C19H22N4O2/c24-18(16-4-8-20-9-5-16)23-11-12-25-19(15-23)6-2-10-22(14-19)17-3-1-7-21-13-17/h1,3-5,7-9,13H,2,6,10-12,14-15H2. The van der Waals surface area contributed by atoms with Crippen molar-refractivity contribution in [3.05, 3.63) is 54.6 Å². The maximum absolute atomic E-state index is 12.8. The first kappa shape index (κ1) is 16.0. The van der Waals surface area contributed by atoms with Gasteiger partial charge in [0, 0.05) is 43.8 Å². The Bertz CT molecular complexity index is 721. The number of hydrogen-bond donors (Lipinski definition) is 0. The molecule has 2 aromatic heterocycles. The molecule has 0 aliphatic carbocycles. The minimum Gasteiger partial charge on any atom is -0.369 e. The molecule has 0 bridgehead atoms. The van der Waals surface area contributed by atoms with Crippen LogP contribution in [0.25, 0.3) is 0 Å². The van der Waals surface area contributed by atoms with Crippen molar-refractivity contribution in [2.24, 2.45) is 0 Å². The highest BCUT2D eigenvalue weighted by Gasteiger charge is 2.42. The molecule has 1 spiro atoms. The maximum atomic E-state index is 12.8. The number of pyridine rings is 2. The van der Waals surface area contributed by atoms with E-state index in [2.05, 4.69) is 20.9 Å². The first-order valence-corrected chi connectivity index (χ1v) is 8.74. The molecule has 2 saturated heterocycles. The van der Waals surface area contributed by atoms with Gasteiger partial charge >= 0.3 is 0 Å². The Balaban J connectivity index is 1.51. The molecule has 0 aromatic carbocycles. The van der Waals surface area contributed by atoms with Crippen LogP contribution in [-0.4, -0.2) is 59.2 Å². The van der Waals surface area contributed by atoms with Crippen molar-refractivity contribution >= 4 is 11.6 Å². The van der Waals surface area contributed by atoms with Gasteiger partial charge in [-0.1, -0.05) is 0 Å². The van der Waals surface area contributed by atoms with E-state index in [9.17, 15) is 4.79 Å². The molecular formula is C19H22N4O2. The third kappa shape index (κ3) is 3.35. The summed E-state index contributed by atoms with van der Waals surface area (Å²) in [4.78, 5) is 25.2. The van der Waals surface area contributed by atoms with Crippen LogP contribution in [0.4, 0.5) is 5.69 Å². The van der Waals surface area contributed by atoms with E-state index in [0.29, 0.717) is 25.3 Å². The van der Waals surface area contributed by atoms with Crippen LogP contribution in [0.2, 0.25) is 0 Å². The number of anilines is 1. The van der Waals surface area contributed by atoms with E-state index in [1.807, 2.05) is 17.2 Å². The summed E-state index contributed by atoms with van der Waals surface area (Å²) in [5.74, 6) is 0.0589. The average Bonchev–Trinajstić information content (AvgIpc) is 2.69. The summed E-state index contributed by atoms with van der Waals surface area (Å²) in [5.41, 5.74) is 1.50. The van der Waals surface area contributed by atoms with Gasteiger partial charge < -0.3 is 14.5 Å². The summed E-state index contributed by atoms with van der Waals surface area (Å²) in [5, 5.41) is 0. The Kier molecular flexibility index (Phi) is 4.36. The number of piperidine rings is 1. The molecule has 4 rings (SSSR count). The monoisotopic (exact) mass is 338 g/mol. The highest BCUT2D eigenvalue weighted by Crippen LogP contribution is 2.31. The molecule has 2 aliphatic heterocycles. The zero-order valence-electron chi connectivity index (χ0n) is 14.2. The summed E-state index contributed by atoms with van der Waals surface area (Å²) >= 11 is 0. The lowest BCUT2D eigenvalue weighted by Crippen LogP contribution is -2.60. The summed E-state index contributed by atoms with van der Waals surface area (Å²) in [6.45, 7) is 3.63. The van der Waals surface area contributed by atoms with Gasteiger partial charge in [-0.05, 0) is 37.1 Å². The van der Waals surface area contributed by atoms with E-state index < -0.39 is 0 Å². The maximum Gasteiger partial charge on any atom is 0.254 e. The Hall–Kier alpha value is -2.47. The summed E-state index contributed by atoms with van der Waals surface area (Å²) < 4.78 is 6.21. The Labute approximate surface area is 147 Å². The van der Waals surface area contributed by atoms with Gasteiger partial charge in [0.2, 0.25) is 0 Å². The molecule has 0 radical (unpaired) electrons. The third-order valence-corrected chi connectivity index (χ3v) is 5.01. The number of amides is 1. The molecule has 0 saturated carbocycles. The second-order valence-corrected chi connectivity index (χ2v) is 6.73. The van der Waals surface area contributed by atoms with E-state index in [0.717, 1.165) is 31.6 Å². The summed E-state index contributed by atoms with van der Waals surface area (Å²) in [6, 6.07) is 7.58. The quantitative estimate of drug-likeness (QED) is 0.838. The minimum atomic E-state index is -0.297. The van der Waals surface area contributed by atoms with E-state index in [1.165, 1.54) is 0 Å². The fourth-order valence-electron chi connectivity index (χ4n) is 3.80. The zero-order valence-corrected chi connectivity index (χ0v) is 14.2. The highest BCUT2D eigenvalue weighted by atomic mass is 16.5. The number of nitrogens with zero attached hydrogens (tertiary/aromatic N) is 4. The average molecular weight is 338 g/mol. The molecule has 1 unspecified atom stereocenters. The molecular weight excluding hydrogens is 316 g/mol. The van der Waals surface area contributed by atoms with E-state index in [4.69, 9.17) is 4.74 Å². The minimum absolute atomic E-state index is 0.0589. The predicted molar refractivity (Wildman–Crippen MR) is 94.5 cm³/mol. The number of morpholine rings is 1. The van der Waals surface area contributed by atoms with Gasteiger partial charge in [-0.25, -0.2) is 0 Å². The topological polar surface area (TPSA) is 58.6 Å². The van der Waals surface area contributed by atoms with Crippen LogP contribution in [0.3, 0.4) is 0 Å². The van der Waals surface area contributed by atoms with Crippen LogP contribution < -0.4 is 4.90 Å². The van der Waals surface area contributed by atoms with Crippen molar-refractivity contribution in [3.8, 4) is 0 Å². The molecule has 1 atom stereocenters. The number of ether oxygens (including phenoxy) is 1. The Morgan fingerprint density at radius 2 is 1.96 bits per heavy atom. The van der Waals surface area contributed by atoms with Crippen molar-refractivity contribution in [1.29, 1.82) is 0 Å². The Morgan fingerprint density at radius 1 is 1.08 bits per heavy atom. The first-order chi connectivity index (χ1) is 12.3. The second kappa shape index (κ2) is 6.80. The number of carbonyl (C=O) groups excluding carboxylic acids is 1. The van der Waals surface area contributed by atoms with Crippen LogP contribution in [0.15, 0.2) is 49.1 Å². The molecule has 0 N–H and O–H groups in total. The second-order valence-electron chi connectivity index (χ2n) is 6.73. The normalized spacial score (nSPS) is 23.7. The summed E-state index contributed by atoms with van der Waals surface area (Å²) in [7, 11) is 0. The molecule has 2 aromatic rings. The molecule has 130 valence electrons. The van der Waals surface area contributed by atoms with Crippen molar-refractivity contribution in [1.82, 2.24) is 14.9 Å². The van der Waals surface area contributed by atoms with Crippen LogP contribution >= 0.6 is 0 Å². The van der Waals surface area contributed by atoms with Crippen LogP contribution in [0, 0.1) is 0 Å². The molecule has 2 aliphatic rings. The van der Waals surface area contributed by atoms with Gasteiger partial charge in [-0.2, -0.15) is 0 Å². The predicted octanol–water partition coefficient (Wildman–Crippen LogP) is 1.99. The van der Waals surface area contributed by atoms with Crippen molar-refractivity contribution in [2.45, 2.75) is 18.4 Å². The van der Waals surface area contributed by atoms with Gasteiger partial charge in [0.25, 0.3) is 5.91 Å². The molecule has 6 heteroatoms. The molecule has 4 heterocycles. The van der Waals surface area contributed by atoms with Gasteiger partial charge in [0.15, 0.2) is 0 Å². The molecule has 2 fully saturated rings. The third-order valence-electron chi connectivity index (χ3n) is 5.01. The smallest absolute Gasteiger partial charge is 0.254 e. The van der Waals surface area contributed by atoms with E-state index >= 15 is 0 Å². The number of rotatable bonds is 2. The first-order valence-electron chi connectivity index (χ1n) is 8.74. The van der Waals surface area contributed by atoms with Crippen molar-refractivity contribution in [3.63, 3.8) is 0 Å². The molecule has 1 amide bonds. The largest absolute Gasteiger partial charge is 0.369 e.